The lowest BCUT2D eigenvalue weighted by Crippen LogP contribution is -2.46. The SMILES string of the molecule is CC(=O)NNC(=O)CN(CCC(=O)O)c1ccc(C)cc1. The van der Waals surface area contributed by atoms with Gasteiger partial charge in [0.05, 0.1) is 13.0 Å². The predicted molar refractivity (Wildman–Crippen MR) is 77.6 cm³/mol. The number of rotatable bonds is 6. The summed E-state index contributed by atoms with van der Waals surface area (Å²) in [6.07, 6.45) is -0.0821. The quantitative estimate of drug-likeness (QED) is 0.661. The molecule has 21 heavy (non-hydrogen) atoms. The molecule has 0 atom stereocenters. The third-order valence-corrected chi connectivity index (χ3v) is 2.71. The van der Waals surface area contributed by atoms with E-state index in [1.807, 2.05) is 31.2 Å². The highest BCUT2D eigenvalue weighted by Gasteiger charge is 2.13. The van der Waals surface area contributed by atoms with Crippen LogP contribution < -0.4 is 15.8 Å². The fourth-order valence-corrected chi connectivity index (χ4v) is 1.66. The number of nitrogens with zero attached hydrogens (tertiary/aromatic N) is 1. The van der Waals surface area contributed by atoms with Crippen molar-refractivity contribution in [2.45, 2.75) is 20.3 Å². The Morgan fingerprint density at radius 1 is 1.14 bits per heavy atom. The number of carboxylic acids is 1. The van der Waals surface area contributed by atoms with E-state index >= 15 is 0 Å². The third kappa shape index (κ3) is 6.42. The molecule has 0 saturated heterocycles. The molecule has 7 heteroatoms. The molecule has 0 aliphatic rings. The van der Waals surface area contributed by atoms with Crippen molar-refractivity contribution in [3.05, 3.63) is 29.8 Å². The van der Waals surface area contributed by atoms with Gasteiger partial charge < -0.3 is 10.0 Å². The zero-order chi connectivity index (χ0) is 15.8. The Hall–Kier alpha value is -2.57. The molecule has 0 bridgehead atoms. The first-order chi connectivity index (χ1) is 9.88. The minimum Gasteiger partial charge on any atom is -0.481 e. The van der Waals surface area contributed by atoms with Crippen LogP contribution in [-0.2, 0) is 14.4 Å². The molecule has 0 heterocycles. The monoisotopic (exact) mass is 293 g/mol. The van der Waals surface area contributed by atoms with Crippen LogP contribution in [0.15, 0.2) is 24.3 Å². The van der Waals surface area contributed by atoms with Gasteiger partial charge in [0.25, 0.3) is 5.91 Å². The molecule has 0 saturated carbocycles. The highest BCUT2D eigenvalue weighted by molar-refractivity contribution is 5.84. The molecule has 1 rings (SSSR count). The van der Waals surface area contributed by atoms with Crippen LogP contribution >= 0.6 is 0 Å². The molecule has 0 unspecified atom stereocenters. The van der Waals surface area contributed by atoms with Crippen LogP contribution in [0.4, 0.5) is 5.69 Å². The molecule has 3 N–H and O–H groups in total. The maximum Gasteiger partial charge on any atom is 0.305 e. The predicted octanol–water partition coefficient (Wildman–Crippen LogP) is 0.443. The third-order valence-electron chi connectivity index (χ3n) is 2.71. The summed E-state index contributed by atoms with van der Waals surface area (Å²) < 4.78 is 0. The lowest BCUT2D eigenvalue weighted by atomic mass is 10.2. The zero-order valence-corrected chi connectivity index (χ0v) is 12.0. The summed E-state index contributed by atoms with van der Waals surface area (Å²) in [5.41, 5.74) is 6.27. The van der Waals surface area contributed by atoms with Crippen molar-refractivity contribution in [2.75, 3.05) is 18.0 Å². The normalized spacial score (nSPS) is 9.81. The number of benzene rings is 1. The lowest BCUT2D eigenvalue weighted by Gasteiger charge is -2.23. The van der Waals surface area contributed by atoms with E-state index in [0.29, 0.717) is 0 Å². The minimum atomic E-state index is -0.936. The summed E-state index contributed by atoms with van der Waals surface area (Å²) in [4.78, 5) is 34.8. The van der Waals surface area contributed by atoms with Gasteiger partial charge in [-0.15, -0.1) is 0 Å². The number of carboxylic acid groups (broad SMARTS) is 1. The number of carbonyl (C=O) groups is 3. The highest BCUT2D eigenvalue weighted by Crippen LogP contribution is 2.15. The van der Waals surface area contributed by atoms with Gasteiger partial charge in [0.2, 0.25) is 5.91 Å². The van der Waals surface area contributed by atoms with Crippen molar-refractivity contribution in [2.24, 2.45) is 0 Å². The van der Waals surface area contributed by atoms with Gasteiger partial charge in [-0.05, 0) is 19.1 Å². The van der Waals surface area contributed by atoms with Crippen LogP contribution in [0.3, 0.4) is 0 Å². The molecule has 7 nitrogen and oxygen atoms in total. The van der Waals surface area contributed by atoms with E-state index in [2.05, 4.69) is 10.9 Å². The number of hydrogen-bond acceptors (Lipinski definition) is 4. The standard InChI is InChI=1S/C14H19N3O4/c1-10-3-5-12(6-4-10)17(8-7-14(20)21)9-13(19)16-15-11(2)18/h3-6H,7-9H2,1-2H3,(H,15,18)(H,16,19)(H,20,21). The van der Waals surface area contributed by atoms with E-state index in [4.69, 9.17) is 5.11 Å². The number of anilines is 1. The first-order valence-electron chi connectivity index (χ1n) is 6.47. The van der Waals surface area contributed by atoms with Crippen molar-refractivity contribution >= 4 is 23.5 Å². The molecular weight excluding hydrogens is 274 g/mol. The summed E-state index contributed by atoms with van der Waals surface area (Å²) in [5, 5.41) is 8.78. The van der Waals surface area contributed by atoms with Crippen LogP contribution in [-0.4, -0.2) is 36.0 Å². The van der Waals surface area contributed by atoms with Gasteiger partial charge >= 0.3 is 5.97 Å². The summed E-state index contributed by atoms with van der Waals surface area (Å²) >= 11 is 0. The number of carbonyl (C=O) groups excluding carboxylic acids is 2. The van der Waals surface area contributed by atoms with E-state index in [0.717, 1.165) is 11.3 Å². The second-order valence-electron chi connectivity index (χ2n) is 4.63. The molecule has 0 aliphatic heterocycles. The van der Waals surface area contributed by atoms with Gasteiger partial charge in [-0.25, -0.2) is 0 Å². The van der Waals surface area contributed by atoms with Crippen molar-refractivity contribution in [3.63, 3.8) is 0 Å². The Morgan fingerprint density at radius 2 is 1.76 bits per heavy atom. The van der Waals surface area contributed by atoms with Crippen LogP contribution in [0.5, 0.6) is 0 Å². The number of amides is 2. The Bertz CT molecular complexity index is 513. The molecule has 0 fully saturated rings. The number of hydrogen-bond donors (Lipinski definition) is 3. The van der Waals surface area contributed by atoms with Crippen LogP contribution in [0.1, 0.15) is 18.9 Å². The molecule has 2 amide bonds. The largest absolute Gasteiger partial charge is 0.481 e. The smallest absolute Gasteiger partial charge is 0.305 e. The number of nitrogens with one attached hydrogen (secondary N) is 2. The molecule has 1 aromatic carbocycles. The van der Waals surface area contributed by atoms with Gasteiger partial charge in [0.15, 0.2) is 0 Å². The fraction of sp³-hybridized carbons (Fsp3) is 0.357. The summed E-state index contributed by atoms with van der Waals surface area (Å²) in [7, 11) is 0. The maximum absolute atomic E-state index is 11.7. The second-order valence-corrected chi connectivity index (χ2v) is 4.63. The average Bonchev–Trinajstić information content (AvgIpc) is 2.42. The van der Waals surface area contributed by atoms with Gasteiger partial charge in [0.1, 0.15) is 0 Å². The van der Waals surface area contributed by atoms with Crippen LogP contribution in [0.2, 0.25) is 0 Å². The summed E-state index contributed by atoms with van der Waals surface area (Å²) in [6, 6.07) is 7.41. The number of hydrazine groups is 1. The van der Waals surface area contributed by atoms with Gasteiger partial charge in [-0.2, -0.15) is 0 Å². The van der Waals surface area contributed by atoms with Gasteiger partial charge in [-0.1, -0.05) is 17.7 Å². The molecule has 0 aromatic heterocycles. The van der Waals surface area contributed by atoms with E-state index in [9.17, 15) is 14.4 Å². The first-order valence-corrected chi connectivity index (χ1v) is 6.47. The van der Waals surface area contributed by atoms with Crippen molar-refractivity contribution in [1.29, 1.82) is 0 Å². The summed E-state index contributed by atoms with van der Waals surface area (Å²) in [5.74, 6) is -1.73. The average molecular weight is 293 g/mol. The Labute approximate surface area is 122 Å². The fourth-order valence-electron chi connectivity index (χ4n) is 1.66. The molecule has 114 valence electrons. The van der Waals surface area contributed by atoms with Crippen molar-refractivity contribution in [3.8, 4) is 0 Å². The molecule has 0 radical (unpaired) electrons. The molecule has 0 aliphatic carbocycles. The molecule has 1 aromatic rings. The molecule has 0 spiro atoms. The topological polar surface area (TPSA) is 98.7 Å². The van der Waals surface area contributed by atoms with E-state index in [1.54, 1.807) is 4.90 Å². The van der Waals surface area contributed by atoms with E-state index in [1.165, 1.54) is 6.92 Å². The van der Waals surface area contributed by atoms with Crippen molar-refractivity contribution < 1.29 is 19.5 Å². The van der Waals surface area contributed by atoms with Gasteiger partial charge in [0, 0.05) is 19.2 Å². The first kappa shape index (κ1) is 16.5. The Balaban J connectivity index is 2.72. The second kappa shape index (κ2) is 7.88. The highest BCUT2D eigenvalue weighted by atomic mass is 16.4. The minimum absolute atomic E-state index is 0.0450. The zero-order valence-electron chi connectivity index (χ0n) is 12.0. The lowest BCUT2D eigenvalue weighted by molar-refractivity contribution is -0.136. The van der Waals surface area contributed by atoms with Crippen molar-refractivity contribution in [1.82, 2.24) is 10.9 Å². The van der Waals surface area contributed by atoms with Gasteiger partial charge in [-0.3, -0.25) is 25.2 Å². The van der Waals surface area contributed by atoms with E-state index in [-0.39, 0.29) is 25.4 Å². The summed E-state index contributed by atoms with van der Waals surface area (Å²) in [6.45, 7) is 3.37. The maximum atomic E-state index is 11.7. The Morgan fingerprint density at radius 3 is 2.29 bits per heavy atom. The van der Waals surface area contributed by atoms with Crippen LogP contribution in [0.25, 0.3) is 0 Å². The molecular formula is C14H19N3O4. The number of aliphatic carboxylic acids is 1. The van der Waals surface area contributed by atoms with Crippen LogP contribution in [0, 0.1) is 6.92 Å². The Kier molecular flexibility index (Phi) is 6.19. The number of aryl methyl sites for hydroxylation is 1. The van der Waals surface area contributed by atoms with E-state index < -0.39 is 11.9 Å².